The Bertz CT molecular complexity index is 596. The van der Waals surface area contributed by atoms with Crippen LogP contribution < -0.4 is 5.32 Å². The zero-order valence-corrected chi connectivity index (χ0v) is 13.3. The lowest BCUT2D eigenvalue weighted by Gasteiger charge is -2.26. The van der Waals surface area contributed by atoms with Crippen molar-refractivity contribution >= 4 is 17.3 Å². The Labute approximate surface area is 138 Å². The van der Waals surface area contributed by atoms with E-state index in [2.05, 4.69) is 10.2 Å². The smallest absolute Gasteiger partial charge is 0.277 e. The first-order valence-electron chi connectivity index (χ1n) is 7.92. The predicted octanol–water partition coefficient (Wildman–Crippen LogP) is 2.11. The van der Waals surface area contributed by atoms with E-state index in [0.29, 0.717) is 6.54 Å². The number of hydrogen-bond donors (Lipinski definition) is 1. The predicted molar refractivity (Wildman–Crippen MR) is 87.0 cm³/mol. The van der Waals surface area contributed by atoms with Gasteiger partial charge in [0.25, 0.3) is 17.3 Å². The summed E-state index contributed by atoms with van der Waals surface area (Å²) in [7, 11) is 0. The molecule has 0 bridgehead atoms. The third-order valence-electron chi connectivity index (χ3n) is 3.97. The van der Waals surface area contributed by atoms with Crippen LogP contribution in [0.3, 0.4) is 0 Å². The van der Waals surface area contributed by atoms with Crippen LogP contribution in [-0.2, 0) is 0 Å². The summed E-state index contributed by atoms with van der Waals surface area (Å²) in [6.45, 7) is 3.46. The summed E-state index contributed by atoms with van der Waals surface area (Å²) in [5, 5.41) is 24.3. The van der Waals surface area contributed by atoms with Gasteiger partial charge < -0.3 is 10.2 Å². The van der Waals surface area contributed by atoms with Crippen molar-refractivity contribution in [3.8, 4) is 0 Å². The molecule has 2 rings (SSSR count). The summed E-state index contributed by atoms with van der Waals surface area (Å²) < 4.78 is 0. The lowest BCUT2D eigenvalue weighted by molar-refractivity contribution is -0.394. The summed E-state index contributed by atoms with van der Waals surface area (Å²) in [5.74, 6) is -0.541. The molecular formula is C15H20N4O5. The molecule has 1 aromatic carbocycles. The van der Waals surface area contributed by atoms with E-state index in [1.54, 1.807) is 0 Å². The van der Waals surface area contributed by atoms with Crippen LogP contribution >= 0.6 is 0 Å². The first-order valence-corrected chi connectivity index (χ1v) is 7.92. The van der Waals surface area contributed by atoms with Gasteiger partial charge >= 0.3 is 0 Å². The fourth-order valence-corrected chi connectivity index (χ4v) is 2.73. The van der Waals surface area contributed by atoms with Crippen LogP contribution in [-0.4, -0.2) is 46.8 Å². The number of piperidine rings is 1. The van der Waals surface area contributed by atoms with Crippen LogP contribution in [0.1, 0.15) is 36.0 Å². The van der Waals surface area contributed by atoms with Crippen molar-refractivity contribution in [2.45, 2.75) is 25.7 Å². The Morgan fingerprint density at radius 1 is 1.04 bits per heavy atom. The maximum atomic E-state index is 12.1. The molecule has 0 saturated carbocycles. The van der Waals surface area contributed by atoms with Crippen molar-refractivity contribution in [2.24, 2.45) is 0 Å². The molecule has 0 aliphatic carbocycles. The number of hydrogen-bond acceptors (Lipinski definition) is 6. The number of nitro benzene ring substituents is 2. The highest BCUT2D eigenvalue weighted by atomic mass is 16.6. The third-order valence-corrected chi connectivity index (χ3v) is 3.97. The van der Waals surface area contributed by atoms with E-state index in [-0.39, 0.29) is 5.56 Å². The molecule has 1 N–H and O–H groups in total. The number of likely N-dealkylation sites (tertiary alicyclic amines) is 1. The van der Waals surface area contributed by atoms with E-state index in [1.165, 1.54) is 19.3 Å². The summed E-state index contributed by atoms with van der Waals surface area (Å²) in [6, 6.07) is 2.94. The van der Waals surface area contributed by atoms with Gasteiger partial charge in [-0.2, -0.15) is 0 Å². The molecular weight excluding hydrogens is 316 g/mol. The Morgan fingerprint density at radius 3 is 2.17 bits per heavy atom. The fourth-order valence-electron chi connectivity index (χ4n) is 2.73. The largest absolute Gasteiger partial charge is 0.352 e. The van der Waals surface area contributed by atoms with E-state index in [9.17, 15) is 25.0 Å². The summed E-state index contributed by atoms with van der Waals surface area (Å²) in [4.78, 5) is 34.6. The molecule has 0 unspecified atom stereocenters. The van der Waals surface area contributed by atoms with Crippen LogP contribution in [0.15, 0.2) is 18.2 Å². The molecule has 0 radical (unpaired) electrons. The molecule has 0 spiro atoms. The van der Waals surface area contributed by atoms with Gasteiger partial charge in [0.15, 0.2) is 0 Å². The van der Waals surface area contributed by atoms with Gasteiger partial charge in [-0.25, -0.2) is 0 Å². The topological polar surface area (TPSA) is 119 Å². The minimum absolute atomic E-state index is 0.0751. The van der Waals surface area contributed by atoms with Gasteiger partial charge in [0, 0.05) is 18.7 Å². The summed E-state index contributed by atoms with van der Waals surface area (Å²) in [6.07, 6.45) is 4.43. The van der Waals surface area contributed by atoms with E-state index in [0.717, 1.165) is 44.3 Å². The first kappa shape index (κ1) is 17.8. The first-order chi connectivity index (χ1) is 11.5. The number of amides is 1. The second kappa shape index (κ2) is 8.34. The number of nitrogens with zero attached hydrogens (tertiary/aromatic N) is 3. The molecule has 1 amide bonds. The highest BCUT2D eigenvalue weighted by Crippen LogP contribution is 2.22. The molecule has 1 fully saturated rings. The number of carbonyl (C=O) groups excluding carboxylic acids is 1. The van der Waals surface area contributed by atoms with Crippen LogP contribution in [0, 0.1) is 20.2 Å². The number of nitro groups is 2. The van der Waals surface area contributed by atoms with E-state index in [4.69, 9.17) is 0 Å². The van der Waals surface area contributed by atoms with Gasteiger partial charge in [0.05, 0.1) is 21.5 Å². The molecule has 1 heterocycles. The second-order valence-corrected chi connectivity index (χ2v) is 5.76. The Morgan fingerprint density at radius 2 is 1.62 bits per heavy atom. The van der Waals surface area contributed by atoms with Gasteiger partial charge in [-0.1, -0.05) is 6.42 Å². The van der Waals surface area contributed by atoms with Gasteiger partial charge in [-0.3, -0.25) is 25.0 Å². The Hall–Kier alpha value is -2.55. The second-order valence-electron chi connectivity index (χ2n) is 5.76. The van der Waals surface area contributed by atoms with E-state index in [1.807, 2.05) is 0 Å². The van der Waals surface area contributed by atoms with Crippen LogP contribution in [0.25, 0.3) is 0 Å². The van der Waals surface area contributed by atoms with Gasteiger partial charge in [0.2, 0.25) is 0 Å². The highest BCUT2D eigenvalue weighted by molar-refractivity contribution is 5.95. The average Bonchev–Trinajstić information content (AvgIpc) is 2.59. The molecule has 9 heteroatoms. The van der Waals surface area contributed by atoms with Crippen molar-refractivity contribution in [3.63, 3.8) is 0 Å². The van der Waals surface area contributed by atoms with Crippen LogP contribution in [0.5, 0.6) is 0 Å². The zero-order valence-electron chi connectivity index (χ0n) is 13.3. The zero-order chi connectivity index (χ0) is 17.5. The number of nitrogens with one attached hydrogen (secondary N) is 1. The van der Waals surface area contributed by atoms with E-state index < -0.39 is 27.1 Å². The number of carbonyl (C=O) groups is 1. The monoisotopic (exact) mass is 336 g/mol. The lowest BCUT2D eigenvalue weighted by atomic mass is 10.1. The van der Waals surface area contributed by atoms with Crippen molar-refractivity contribution in [1.29, 1.82) is 0 Å². The minimum atomic E-state index is -0.750. The molecule has 1 aromatic rings. The minimum Gasteiger partial charge on any atom is -0.352 e. The fraction of sp³-hybridized carbons (Fsp3) is 0.533. The molecule has 1 saturated heterocycles. The quantitative estimate of drug-likeness (QED) is 0.463. The standard InChI is InChI=1S/C15H20N4O5/c20-15(16-5-4-8-17-6-2-1-3-7-17)12-9-13(18(21)22)11-14(10-12)19(23)24/h9-11H,1-8H2,(H,16,20). The molecule has 0 atom stereocenters. The number of non-ortho nitro benzene ring substituents is 2. The highest BCUT2D eigenvalue weighted by Gasteiger charge is 2.19. The summed E-state index contributed by atoms with van der Waals surface area (Å²) >= 11 is 0. The van der Waals surface area contributed by atoms with Crippen LogP contribution in [0.2, 0.25) is 0 Å². The lowest BCUT2D eigenvalue weighted by Crippen LogP contribution is -2.33. The van der Waals surface area contributed by atoms with Crippen molar-refractivity contribution in [2.75, 3.05) is 26.2 Å². The normalized spacial score (nSPS) is 15.0. The molecule has 0 aromatic heterocycles. The summed E-state index contributed by atoms with van der Waals surface area (Å²) in [5.41, 5.74) is -1.01. The van der Waals surface area contributed by atoms with Crippen molar-refractivity contribution in [1.82, 2.24) is 10.2 Å². The molecule has 24 heavy (non-hydrogen) atoms. The number of rotatable bonds is 7. The molecule has 1 aliphatic heterocycles. The molecule has 9 nitrogen and oxygen atoms in total. The van der Waals surface area contributed by atoms with Gasteiger partial charge in [0.1, 0.15) is 0 Å². The van der Waals surface area contributed by atoms with Crippen LogP contribution in [0.4, 0.5) is 11.4 Å². The average molecular weight is 336 g/mol. The SMILES string of the molecule is O=C(NCCCN1CCCCC1)c1cc([N+](=O)[O-])cc([N+](=O)[O-])c1. The third kappa shape index (κ3) is 4.98. The van der Waals surface area contributed by atoms with Gasteiger partial charge in [-0.05, 0) is 38.9 Å². The van der Waals surface area contributed by atoms with Crippen molar-refractivity contribution < 1.29 is 14.6 Å². The molecule has 130 valence electrons. The van der Waals surface area contributed by atoms with Gasteiger partial charge in [-0.15, -0.1) is 0 Å². The number of benzene rings is 1. The maximum absolute atomic E-state index is 12.1. The Kier molecular flexibility index (Phi) is 6.19. The maximum Gasteiger partial charge on any atom is 0.277 e. The van der Waals surface area contributed by atoms with E-state index >= 15 is 0 Å². The van der Waals surface area contributed by atoms with Crippen molar-refractivity contribution in [3.05, 3.63) is 44.0 Å². The Balaban J connectivity index is 1.91. The molecule has 1 aliphatic rings.